The van der Waals surface area contributed by atoms with Crippen molar-refractivity contribution < 1.29 is 24.2 Å². The smallest absolute Gasteiger partial charge is 0.307 e. The second-order valence-electron chi connectivity index (χ2n) is 6.03. The Morgan fingerprint density at radius 3 is 2.45 bits per heavy atom. The molecule has 1 aliphatic carbocycles. The molecule has 1 aliphatic heterocycles. The maximum absolute atomic E-state index is 12.2. The van der Waals surface area contributed by atoms with Crippen molar-refractivity contribution in [3.63, 3.8) is 0 Å². The number of carboxylic acids is 1. The van der Waals surface area contributed by atoms with Gasteiger partial charge in [-0.1, -0.05) is 12.8 Å². The van der Waals surface area contributed by atoms with Gasteiger partial charge in [-0.3, -0.25) is 9.59 Å². The Balaban J connectivity index is 1.83. The molecular weight excluding hydrogens is 262 g/mol. The summed E-state index contributed by atoms with van der Waals surface area (Å²) < 4.78 is 11.0. The third kappa shape index (κ3) is 3.70. The van der Waals surface area contributed by atoms with Gasteiger partial charge in [0.2, 0.25) is 5.91 Å². The molecule has 114 valence electrons. The highest BCUT2D eigenvalue weighted by Crippen LogP contribution is 2.30. The van der Waals surface area contributed by atoms with E-state index in [1.165, 1.54) is 0 Å². The highest BCUT2D eigenvalue weighted by Gasteiger charge is 2.37. The van der Waals surface area contributed by atoms with Crippen LogP contribution in [0.1, 0.15) is 39.5 Å². The van der Waals surface area contributed by atoms with E-state index >= 15 is 0 Å². The predicted octanol–water partition coefficient (Wildman–Crippen LogP) is 1.15. The topological polar surface area (TPSA) is 84.9 Å². The minimum absolute atomic E-state index is 0.166. The molecule has 2 aliphatic rings. The van der Waals surface area contributed by atoms with Gasteiger partial charge in [0.1, 0.15) is 6.10 Å². The van der Waals surface area contributed by atoms with E-state index in [4.69, 9.17) is 9.47 Å². The van der Waals surface area contributed by atoms with Crippen LogP contribution in [0, 0.1) is 11.8 Å². The van der Waals surface area contributed by atoms with Gasteiger partial charge in [0.05, 0.1) is 18.4 Å². The Kier molecular flexibility index (Phi) is 4.65. The molecule has 0 spiro atoms. The molecule has 1 heterocycles. The van der Waals surface area contributed by atoms with Gasteiger partial charge in [0.25, 0.3) is 0 Å². The normalized spacial score (nSPS) is 32.8. The lowest BCUT2D eigenvalue weighted by Crippen LogP contribution is -2.43. The average Bonchev–Trinajstić information content (AvgIpc) is 2.75. The summed E-state index contributed by atoms with van der Waals surface area (Å²) in [4.78, 5) is 23.4. The van der Waals surface area contributed by atoms with E-state index in [1.807, 2.05) is 13.8 Å². The number of ether oxygens (including phenoxy) is 2. The SMILES string of the molecule is CC1(C)OCC(CNC(=O)C2CCCCC2C(=O)O)O1. The van der Waals surface area contributed by atoms with Gasteiger partial charge in [-0.15, -0.1) is 0 Å². The van der Waals surface area contributed by atoms with E-state index in [9.17, 15) is 14.7 Å². The number of amides is 1. The van der Waals surface area contributed by atoms with E-state index in [0.717, 1.165) is 12.8 Å². The van der Waals surface area contributed by atoms with Gasteiger partial charge in [-0.05, 0) is 26.7 Å². The maximum atomic E-state index is 12.2. The van der Waals surface area contributed by atoms with Crippen LogP contribution in [0.4, 0.5) is 0 Å². The number of aliphatic carboxylic acids is 1. The van der Waals surface area contributed by atoms with Crippen molar-refractivity contribution in [1.82, 2.24) is 5.32 Å². The van der Waals surface area contributed by atoms with Gasteiger partial charge < -0.3 is 19.9 Å². The van der Waals surface area contributed by atoms with Crippen LogP contribution in [-0.4, -0.2) is 42.0 Å². The molecule has 6 heteroatoms. The van der Waals surface area contributed by atoms with Crippen LogP contribution in [0.15, 0.2) is 0 Å². The fourth-order valence-electron chi connectivity index (χ4n) is 2.95. The fraction of sp³-hybridized carbons (Fsp3) is 0.857. The van der Waals surface area contributed by atoms with Crippen LogP contribution in [0.5, 0.6) is 0 Å². The first-order valence-corrected chi connectivity index (χ1v) is 7.21. The first kappa shape index (κ1) is 15.3. The van der Waals surface area contributed by atoms with Crippen molar-refractivity contribution >= 4 is 11.9 Å². The lowest BCUT2D eigenvalue weighted by atomic mass is 9.78. The number of nitrogens with one attached hydrogen (secondary N) is 1. The van der Waals surface area contributed by atoms with Crippen molar-refractivity contribution in [2.24, 2.45) is 11.8 Å². The first-order chi connectivity index (χ1) is 9.39. The Bertz CT molecular complexity index is 382. The Morgan fingerprint density at radius 1 is 1.25 bits per heavy atom. The summed E-state index contributed by atoms with van der Waals surface area (Å²) in [5.74, 6) is -2.63. The lowest BCUT2D eigenvalue weighted by Gasteiger charge is -2.27. The molecule has 6 nitrogen and oxygen atoms in total. The van der Waals surface area contributed by atoms with Crippen molar-refractivity contribution in [3.05, 3.63) is 0 Å². The molecule has 0 aromatic heterocycles. The number of rotatable bonds is 4. The molecule has 1 saturated heterocycles. The molecule has 1 saturated carbocycles. The Hall–Kier alpha value is -1.14. The van der Waals surface area contributed by atoms with Crippen LogP contribution in [-0.2, 0) is 19.1 Å². The zero-order chi connectivity index (χ0) is 14.8. The zero-order valence-electron chi connectivity index (χ0n) is 12.1. The minimum atomic E-state index is -0.869. The lowest BCUT2D eigenvalue weighted by molar-refractivity contribution is -0.149. The van der Waals surface area contributed by atoms with Crippen LogP contribution in [0.25, 0.3) is 0 Å². The number of hydrogen-bond acceptors (Lipinski definition) is 4. The van der Waals surface area contributed by atoms with Gasteiger partial charge in [-0.2, -0.15) is 0 Å². The Morgan fingerprint density at radius 2 is 1.90 bits per heavy atom. The molecule has 20 heavy (non-hydrogen) atoms. The molecular formula is C14H23NO5. The summed E-state index contributed by atoms with van der Waals surface area (Å²) in [5, 5.41) is 12.0. The molecule has 3 atom stereocenters. The first-order valence-electron chi connectivity index (χ1n) is 7.21. The summed E-state index contributed by atoms with van der Waals surface area (Å²) in [6.45, 7) is 4.47. The maximum Gasteiger partial charge on any atom is 0.307 e. The van der Waals surface area contributed by atoms with Crippen molar-refractivity contribution in [2.75, 3.05) is 13.2 Å². The van der Waals surface area contributed by atoms with Crippen molar-refractivity contribution in [3.8, 4) is 0 Å². The molecule has 0 aromatic rings. The monoisotopic (exact) mass is 285 g/mol. The Labute approximate surface area is 118 Å². The second kappa shape index (κ2) is 6.10. The highest BCUT2D eigenvalue weighted by atomic mass is 16.7. The molecule has 0 radical (unpaired) electrons. The minimum Gasteiger partial charge on any atom is -0.481 e. The number of carbonyl (C=O) groups is 2. The van der Waals surface area contributed by atoms with Gasteiger partial charge in [0.15, 0.2) is 5.79 Å². The zero-order valence-corrected chi connectivity index (χ0v) is 12.1. The summed E-state index contributed by atoms with van der Waals surface area (Å²) >= 11 is 0. The third-order valence-electron chi connectivity index (χ3n) is 3.99. The largest absolute Gasteiger partial charge is 0.481 e. The van der Waals surface area contributed by atoms with E-state index in [2.05, 4.69) is 5.32 Å². The average molecular weight is 285 g/mol. The second-order valence-corrected chi connectivity index (χ2v) is 6.03. The molecule has 3 unspecified atom stereocenters. The third-order valence-corrected chi connectivity index (χ3v) is 3.99. The van der Waals surface area contributed by atoms with Crippen molar-refractivity contribution in [1.29, 1.82) is 0 Å². The molecule has 2 rings (SSSR count). The number of hydrogen-bond donors (Lipinski definition) is 2. The summed E-state index contributed by atoms with van der Waals surface area (Å²) in [5.41, 5.74) is 0. The van der Waals surface area contributed by atoms with E-state index in [-0.39, 0.29) is 12.0 Å². The quantitative estimate of drug-likeness (QED) is 0.809. The van der Waals surface area contributed by atoms with Gasteiger partial charge in [0, 0.05) is 6.54 Å². The molecule has 2 N–H and O–H groups in total. The van der Waals surface area contributed by atoms with Crippen molar-refractivity contribution in [2.45, 2.75) is 51.4 Å². The molecule has 1 amide bonds. The van der Waals surface area contributed by atoms with Gasteiger partial charge >= 0.3 is 5.97 Å². The summed E-state index contributed by atoms with van der Waals surface area (Å²) in [7, 11) is 0. The molecule has 2 fully saturated rings. The summed E-state index contributed by atoms with van der Waals surface area (Å²) in [6.07, 6.45) is 2.87. The van der Waals surface area contributed by atoms with Gasteiger partial charge in [-0.25, -0.2) is 0 Å². The van der Waals surface area contributed by atoms with Crippen LogP contribution < -0.4 is 5.32 Å². The number of carbonyl (C=O) groups excluding carboxylic acids is 1. The standard InChI is InChI=1S/C14H23NO5/c1-14(2)19-8-9(20-14)7-15-12(16)10-5-3-4-6-11(10)13(17)18/h9-11H,3-8H2,1-2H3,(H,15,16)(H,17,18). The van der Waals surface area contributed by atoms with Crippen LogP contribution in [0.3, 0.4) is 0 Å². The molecule has 0 aromatic carbocycles. The fourth-order valence-corrected chi connectivity index (χ4v) is 2.95. The van der Waals surface area contributed by atoms with Crippen LogP contribution in [0.2, 0.25) is 0 Å². The summed E-state index contributed by atoms with van der Waals surface area (Å²) in [6, 6.07) is 0. The van der Waals surface area contributed by atoms with E-state index in [1.54, 1.807) is 0 Å². The molecule has 0 bridgehead atoms. The number of carboxylic acid groups (broad SMARTS) is 1. The van der Waals surface area contributed by atoms with E-state index in [0.29, 0.717) is 26.0 Å². The van der Waals surface area contributed by atoms with E-state index < -0.39 is 23.6 Å². The highest BCUT2D eigenvalue weighted by molar-refractivity contribution is 5.84. The predicted molar refractivity (Wildman–Crippen MR) is 71.0 cm³/mol. The van der Waals surface area contributed by atoms with Crippen LogP contribution >= 0.6 is 0 Å².